The van der Waals surface area contributed by atoms with E-state index in [9.17, 15) is 5.11 Å². The normalized spacial score (nSPS) is 21.5. The van der Waals surface area contributed by atoms with Crippen LogP contribution in [0.4, 0.5) is 11.5 Å². The van der Waals surface area contributed by atoms with Crippen LogP contribution >= 0.6 is 0 Å². The lowest BCUT2D eigenvalue weighted by Crippen LogP contribution is -2.35. The summed E-state index contributed by atoms with van der Waals surface area (Å²) in [6.07, 6.45) is 7.45. The average molecular weight is 440 g/mol. The Morgan fingerprint density at radius 3 is 2.59 bits per heavy atom. The summed E-state index contributed by atoms with van der Waals surface area (Å²) < 4.78 is 6.62. The maximum Gasteiger partial charge on any atom is 0.143 e. The zero-order valence-electron chi connectivity index (χ0n) is 19.6. The van der Waals surface area contributed by atoms with Gasteiger partial charge in [0.1, 0.15) is 17.9 Å². The van der Waals surface area contributed by atoms with E-state index in [2.05, 4.69) is 47.8 Å². The molecule has 0 saturated heterocycles. The van der Waals surface area contributed by atoms with E-state index in [1.165, 1.54) is 5.56 Å². The highest BCUT2D eigenvalue weighted by atomic mass is 16.5. The lowest BCUT2D eigenvalue weighted by Gasteiger charge is -2.38. The van der Waals surface area contributed by atoms with E-state index in [1.54, 1.807) is 6.33 Å². The highest BCUT2D eigenvalue weighted by Crippen LogP contribution is 2.49. The molecule has 1 heterocycles. The second kappa shape index (κ2) is 9.24. The van der Waals surface area contributed by atoms with Gasteiger partial charge in [-0.05, 0) is 61.6 Å². The summed E-state index contributed by atoms with van der Waals surface area (Å²) in [5, 5.41) is 9.83. The van der Waals surface area contributed by atoms with E-state index >= 15 is 0 Å². The Kier molecular flexibility index (Phi) is 6.58. The summed E-state index contributed by atoms with van der Waals surface area (Å²) in [4.78, 5) is 11.2. The van der Waals surface area contributed by atoms with Crippen LogP contribution in [0.25, 0.3) is 11.3 Å². The summed E-state index contributed by atoms with van der Waals surface area (Å²) in [5.74, 6) is 1.44. The minimum absolute atomic E-state index is 0.0937. The molecule has 0 radical (unpaired) electrons. The first kappa shape index (κ1) is 22.8. The highest BCUT2D eigenvalue weighted by Gasteiger charge is 2.37. The molecule has 1 fully saturated rings. The zero-order chi connectivity index (χ0) is 22.9. The van der Waals surface area contributed by atoms with Gasteiger partial charge in [-0.1, -0.05) is 20.8 Å². The number of nitrogens with two attached hydrogens (primary N) is 2. The Hall–Kier alpha value is -2.38. The molecule has 0 spiro atoms. The molecule has 2 aliphatic rings. The third-order valence-electron chi connectivity index (χ3n) is 6.87. The van der Waals surface area contributed by atoms with Crippen LogP contribution in [-0.2, 0) is 11.8 Å². The van der Waals surface area contributed by atoms with Gasteiger partial charge in [0.05, 0.1) is 24.1 Å². The fourth-order valence-electron chi connectivity index (χ4n) is 5.37. The van der Waals surface area contributed by atoms with Gasteiger partial charge in [-0.2, -0.15) is 0 Å². The molecule has 0 aliphatic heterocycles. The van der Waals surface area contributed by atoms with E-state index in [0.717, 1.165) is 73.3 Å². The molecular weight excluding hydrogens is 402 g/mol. The lowest BCUT2D eigenvalue weighted by atomic mass is 9.71. The Morgan fingerprint density at radius 2 is 1.91 bits per heavy atom. The van der Waals surface area contributed by atoms with E-state index in [0.29, 0.717) is 12.4 Å². The van der Waals surface area contributed by atoms with Crippen LogP contribution in [0, 0.1) is 0 Å². The predicted molar refractivity (Wildman–Crippen MR) is 129 cm³/mol. The third-order valence-corrected chi connectivity index (χ3v) is 6.87. The van der Waals surface area contributed by atoms with Crippen molar-refractivity contribution in [3.8, 4) is 17.0 Å². The topological polar surface area (TPSA) is 111 Å². The lowest BCUT2D eigenvalue weighted by molar-refractivity contribution is 0.147. The average Bonchev–Trinajstić information content (AvgIpc) is 2.74. The van der Waals surface area contributed by atoms with Crippen molar-refractivity contribution in [2.45, 2.75) is 76.9 Å². The zero-order valence-corrected chi connectivity index (χ0v) is 19.6. The van der Waals surface area contributed by atoms with Gasteiger partial charge < -0.3 is 26.2 Å². The first-order valence-corrected chi connectivity index (χ1v) is 11.9. The highest BCUT2D eigenvalue weighted by molar-refractivity contribution is 5.83. The maximum atomic E-state index is 9.83. The van der Waals surface area contributed by atoms with Crippen molar-refractivity contribution in [1.82, 2.24) is 9.97 Å². The molecule has 0 unspecified atom stereocenters. The standard InChI is InChI=1S/C25H37N5O2/c1-4-11-30(12-13-31)23-19-14-25(2,3)21-22(28-15-29-24(21)27)18(19)9-10-20(23)32-17-7-5-16(26)6-8-17/h9-10,15-17,31H,4-8,11-14,26H2,1-3H3,(H2,27,28,29)/t16-,17+. The molecule has 0 atom stereocenters. The number of aromatic nitrogens is 2. The van der Waals surface area contributed by atoms with Crippen LogP contribution in [0.1, 0.15) is 64.0 Å². The van der Waals surface area contributed by atoms with Crippen molar-refractivity contribution in [1.29, 1.82) is 0 Å². The SMILES string of the molecule is CCCN(CCO)c1c(O[C@H]2CC[C@@H](N)CC2)ccc2c1CC(C)(C)c1c(N)ncnc1-2. The van der Waals surface area contributed by atoms with Gasteiger partial charge >= 0.3 is 0 Å². The summed E-state index contributed by atoms with van der Waals surface area (Å²) >= 11 is 0. The van der Waals surface area contributed by atoms with Crippen molar-refractivity contribution < 1.29 is 9.84 Å². The van der Waals surface area contributed by atoms with Crippen LogP contribution in [-0.4, -0.2) is 46.9 Å². The summed E-state index contributed by atoms with van der Waals surface area (Å²) in [6, 6.07) is 4.47. The number of rotatable bonds is 7. The molecule has 174 valence electrons. The van der Waals surface area contributed by atoms with Crippen LogP contribution in [0.2, 0.25) is 0 Å². The van der Waals surface area contributed by atoms with Gasteiger partial charge in [0.2, 0.25) is 0 Å². The van der Waals surface area contributed by atoms with Crippen LogP contribution in [0.5, 0.6) is 5.75 Å². The monoisotopic (exact) mass is 439 g/mol. The Morgan fingerprint density at radius 1 is 1.16 bits per heavy atom. The second-order valence-corrected chi connectivity index (χ2v) is 9.85. The minimum atomic E-state index is -0.213. The molecule has 1 aromatic heterocycles. The van der Waals surface area contributed by atoms with Crippen molar-refractivity contribution in [3.63, 3.8) is 0 Å². The van der Waals surface area contributed by atoms with Gasteiger partial charge in [0.15, 0.2) is 0 Å². The number of hydrogen-bond acceptors (Lipinski definition) is 7. The molecule has 7 heteroatoms. The van der Waals surface area contributed by atoms with E-state index in [1.807, 2.05) is 0 Å². The largest absolute Gasteiger partial charge is 0.488 e. The first-order chi connectivity index (χ1) is 15.4. The van der Waals surface area contributed by atoms with Crippen LogP contribution in [0.15, 0.2) is 18.5 Å². The van der Waals surface area contributed by atoms with E-state index in [4.69, 9.17) is 16.2 Å². The number of aliphatic hydroxyl groups is 1. The van der Waals surface area contributed by atoms with Crippen molar-refractivity contribution in [2.24, 2.45) is 5.73 Å². The second-order valence-electron chi connectivity index (χ2n) is 9.85. The number of anilines is 2. The molecule has 7 nitrogen and oxygen atoms in total. The molecule has 2 aromatic rings. The third kappa shape index (κ3) is 4.28. The number of ether oxygens (including phenoxy) is 1. The molecule has 32 heavy (non-hydrogen) atoms. The number of nitrogens with zero attached hydrogens (tertiary/aromatic N) is 3. The number of fused-ring (bicyclic) bond motifs is 3. The quantitative estimate of drug-likeness (QED) is 0.606. The minimum Gasteiger partial charge on any atom is -0.488 e. The summed E-state index contributed by atoms with van der Waals surface area (Å²) in [7, 11) is 0. The fraction of sp³-hybridized carbons (Fsp3) is 0.600. The van der Waals surface area contributed by atoms with E-state index < -0.39 is 0 Å². The molecular formula is C25H37N5O2. The van der Waals surface area contributed by atoms with Crippen molar-refractivity contribution in [3.05, 3.63) is 29.6 Å². The molecule has 1 aromatic carbocycles. The van der Waals surface area contributed by atoms with Gasteiger partial charge in [-0.3, -0.25) is 0 Å². The molecule has 4 rings (SSSR count). The molecule has 0 amide bonds. The summed E-state index contributed by atoms with van der Waals surface area (Å²) in [6.45, 7) is 8.07. The molecule has 5 N–H and O–H groups in total. The van der Waals surface area contributed by atoms with Gasteiger partial charge in [-0.25, -0.2) is 9.97 Å². The first-order valence-electron chi connectivity index (χ1n) is 11.9. The Balaban J connectivity index is 1.85. The van der Waals surface area contributed by atoms with Crippen LogP contribution < -0.4 is 21.1 Å². The van der Waals surface area contributed by atoms with Gasteiger partial charge in [0.25, 0.3) is 0 Å². The molecule has 2 aliphatic carbocycles. The van der Waals surface area contributed by atoms with Crippen LogP contribution in [0.3, 0.4) is 0 Å². The molecule has 1 saturated carbocycles. The number of benzene rings is 1. The number of nitrogen functional groups attached to an aromatic ring is 1. The smallest absolute Gasteiger partial charge is 0.143 e. The fourth-order valence-corrected chi connectivity index (χ4v) is 5.37. The maximum absolute atomic E-state index is 9.83. The van der Waals surface area contributed by atoms with Gasteiger partial charge in [-0.15, -0.1) is 0 Å². The Labute approximate surface area is 191 Å². The van der Waals surface area contributed by atoms with Crippen molar-refractivity contribution >= 4 is 11.5 Å². The predicted octanol–water partition coefficient (Wildman–Crippen LogP) is 3.42. The van der Waals surface area contributed by atoms with E-state index in [-0.39, 0.29) is 24.2 Å². The number of aliphatic hydroxyl groups excluding tert-OH is 1. The number of hydrogen-bond donors (Lipinski definition) is 3. The molecule has 0 bridgehead atoms. The Bertz CT molecular complexity index is 948. The van der Waals surface area contributed by atoms with Gasteiger partial charge in [0, 0.05) is 30.3 Å². The summed E-state index contributed by atoms with van der Waals surface area (Å²) in [5.41, 5.74) is 17.5. The van der Waals surface area contributed by atoms with Crippen molar-refractivity contribution in [2.75, 3.05) is 30.3 Å².